The van der Waals surface area contributed by atoms with Crippen LogP contribution in [-0.4, -0.2) is 20.4 Å². The van der Waals surface area contributed by atoms with E-state index in [1.165, 1.54) is 0 Å². The summed E-state index contributed by atoms with van der Waals surface area (Å²) in [6, 6.07) is 14.0. The Morgan fingerprint density at radius 1 is 0.714 bits per heavy atom. The molecule has 0 aliphatic heterocycles. The Kier molecular flexibility index (Phi) is 3.92. The van der Waals surface area contributed by atoms with Gasteiger partial charge in [0.1, 0.15) is 0 Å². The SMILES string of the molecule is Cc1ccccc1-c1nnc(-c2c(C)cccc2I)nn1. The number of nitrogens with zero attached hydrogens (tertiary/aromatic N) is 4. The summed E-state index contributed by atoms with van der Waals surface area (Å²) in [5.41, 5.74) is 4.19. The first-order chi connectivity index (χ1) is 10.2. The Balaban J connectivity index is 2.04. The van der Waals surface area contributed by atoms with Gasteiger partial charge in [-0.15, -0.1) is 20.4 Å². The van der Waals surface area contributed by atoms with E-state index in [0.29, 0.717) is 11.6 Å². The topological polar surface area (TPSA) is 51.6 Å². The van der Waals surface area contributed by atoms with Crippen molar-refractivity contribution in [3.63, 3.8) is 0 Å². The third-order valence-electron chi connectivity index (χ3n) is 3.31. The van der Waals surface area contributed by atoms with Crippen molar-refractivity contribution in [3.05, 3.63) is 57.2 Å². The van der Waals surface area contributed by atoms with E-state index in [1.807, 2.05) is 56.3 Å². The van der Waals surface area contributed by atoms with Crippen LogP contribution in [0.2, 0.25) is 0 Å². The van der Waals surface area contributed by atoms with Crippen LogP contribution in [0.5, 0.6) is 0 Å². The van der Waals surface area contributed by atoms with Crippen LogP contribution in [0.1, 0.15) is 11.1 Å². The van der Waals surface area contributed by atoms with Gasteiger partial charge in [0, 0.05) is 14.7 Å². The van der Waals surface area contributed by atoms with Gasteiger partial charge in [-0.1, -0.05) is 36.4 Å². The zero-order chi connectivity index (χ0) is 14.8. The summed E-state index contributed by atoms with van der Waals surface area (Å²) in [7, 11) is 0. The Bertz CT molecular complexity index is 764. The van der Waals surface area contributed by atoms with Gasteiger partial charge in [-0.2, -0.15) is 0 Å². The second-order valence-electron chi connectivity index (χ2n) is 4.79. The molecule has 0 fully saturated rings. The summed E-state index contributed by atoms with van der Waals surface area (Å²) in [6.45, 7) is 4.06. The number of rotatable bonds is 2. The Morgan fingerprint density at radius 2 is 1.33 bits per heavy atom. The lowest BCUT2D eigenvalue weighted by atomic mass is 10.1. The molecule has 0 aliphatic carbocycles. The molecule has 2 aromatic carbocycles. The molecule has 21 heavy (non-hydrogen) atoms. The fourth-order valence-electron chi connectivity index (χ4n) is 2.18. The molecule has 1 heterocycles. The van der Waals surface area contributed by atoms with Crippen molar-refractivity contribution in [2.45, 2.75) is 13.8 Å². The van der Waals surface area contributed by atoms with Gasteiger partial charge in [-0.3, -0.25) is 0 Å². The lowest BCUT2D eigenvalue weighted by molar-refractivity contribution is 0.873. The number of hydrogen-bond acceptors (Lipinski definition) is 4. The van der Waals surface area contributed by atoms with Gasteiger partial charge in [0.05, 0.1) is 0 Å². The van der Waals surface area contributed by atoms with Crippen molar-refractivity contribution >= 4 is 22.6 Å². The molecule has 0 radical (unpaired) electrons. The molecule has 0 N–H and O–H groups in total. The number of hydrogen-bond donors (Lipinski definition) is 0. The minimum absolute atomic E-state index is 0.556. The minimum Gasteiger partial charge on any atom is -0.126 e. The van der Waals surface area contributed by atoms with Crippen LogP contribution in [0, 0.1) is 17.4 Å². The van der Waals surface area contributed by atoms with Crippen LogP contribution < -0.4 is 0 Å². The van der Waals surface area contributed by atoms with Gasteiger partial charge in [0.15, 0.2) is 0 Å². The van der Waals surface area contributed by atoms with E-state index >= 15 is 0 Å². The van der Waals surface area contributed by atoms with Crippen molar-refractivity contribution in [3.8, 4) is 22.8 Å². The molecule has 104 valence electrons. The molecule has 0 atom stereocenters. The number of benzene rings is 2. The fraction of sp³-hybridized carbons (Fsp3) is 0.125. The molecule has 3 aromatic rings. The van der Waals surface area contributed by atoms with Crippen molar-refractivity contribution in [1.29, 1.82) is 0 Å². The number of halogens is 1. The van der Waals surface area contributed by atoms with Crippen LogP contribution in [0.4, 0.5) is 0 Å². The van der Waals surface area contributed by atoms with Crippen LogP contribution in [0.15, 0.2) is 42.5 Å². The van der Waals surface area contributed by atoms with Gasteiger partial charge in [0.2, 0.25) is 11.6 Å². The third kappa shape index (κ3) is 2.78. The first-order valence-corrected chi connectivity index (χ1v) is 7.63. The molecule has 0 aliphatic rings. The average Bonchev–Trinajstić information content (AvgIpc) is 2.48. The van der Waals surface area contributed by atoms with E-state index in [4.69, 9.17) is 0 Å². The molecule has 0 saturated heterocycles. The molecule has 0 saturated carbocycles. The van der Waals surface area contributed by atoms with Crippen molar-refractivity contribution in [2.75, 3.05) is 0 Å². The summed E-state index contributed by atoms with van der Waals surface area (Å²) >= 11 is 2.28. The molecule has 0 spiro atoms. The maximum Gasteiger partial charge on any atom is 0.204 e. The van der Waals surface area contributed by atoms with Gasteiger partial charge in [-0.25, -0.2) is 0 Å². The maximum absolute atomic E-state index is 4.26. The molecule has 0 unspecified atom stereocenters. The Morgan fingerprint density at radius 3 is 2.00 bits per heavy atom. The second-order valence-corrected chi connectivity index (χ2v) is 5.96. The highest BCUT2D eigenvalue weighted by Crippen LogP contribution is 2.25. The summed E-state index contributed by atoms with van der Waals surface area (Å²) in [5.74, 6) is 1.12. The highest BCUT2D eigenvalue weighted by atomic mass is 127. The molecule has 1 aromatic heterocycles. The fourth-order valence-corrected chi connectivity index (χ4v) is 3.05. The van der Waals surface area contributed by atoms with E-state index in [0.717, 1.165) is 25.8 Å². The molecular formula is C16H13IN4. The normalized spacial score (nSPS) is 10.6. The summed E-state index contributed by atoms with van der Waals surface area (Å²) < 4.78 is 1.10. The third-order valence-corrected chi connectivity index (χ3v) is 4.21. The molecule has 3 rings (SSSR count). The molecule has 0 bridgehead atoms. The number of aryl methyl sites for hydroxylation is 2. The average molecular weight is 388 g/mol. The summed E-state index contributed by atoms with van der Waals surface area (Å²) in [4.78, 5) is 0. The Hall–Kier alpha value is -1.89. The Labute approximate surface area is 136 Å². The van der Waals surface area contributed by atoms with E-state index in [9.17, 15) is 0 Å². The first-order valence-electron chi connectivity index (χ1n) is 6.55. The summed E-state index contributed by atoms with van der Waals surface area (Å²) in [6.07, 6.45) is 0. The van der Waals surface area contributed by atoms with E-state index < -0.39 is 0 Å². The zero-order valence-electron chi connectivity index (χ0n) is 11.7. The van der Waals surface area contributed by atoms with Crippen molar-refractivity contribution in [2.24, 2.45) is 0 Å². The minimum atomic E-state index is 0.556. The van der Waals surface area contributed by atoms with Crippen LogP contribution in [0.25, 0.3) is 22.8 Å². The highest BCUT2D eigenvalue weighted by Gasteiger charge is 2.12. The predicted molar refractivity (Wildman–Crippen MR) is 90.7 cm³/mol. The van der Waals surface area contributed by atoms with Gasteiger partial charge >= 0.3 is 0 Å². The van der Waals surface area contributed by atoms with Gasteiger partial charge in [0.25, 0.3) is 0 Å². The molecule has 4 nitrogen and oxygen atoms in total. The maximum atomic E-state index is 4.26. The lowest BCUT2D eigenvalue weighted by Crippen LogP contribution is -2.02. The molecule has 5 heteroatoms. The highest BCUT2D eigenvalue weighted by molar-refractivity contribution is 14.1. The van der Waals surface area contributed by atoms with Crippen LogP contribution in [-0.2, 0) is 0 Å². The van der Waals surface area contributed by atoms with E-state index in [2.05, 4.69) is 43.0 Å². The van der Waals surface area contributed by atoms with Gasteiger partial charge in [-0.05, 0) is 53.6 Å². The smallest absolute Gasteiger partial charge is 0.126 e. The van der Waals surface area contributed by atoms with E-state index in [1.54, 1.807) is 0 Å². The van der Waals surface area contributed by atoms with Crippen molar-refractivity contribution in [1.82, 2.24) is 20.4 Å². The first kappa shape index (κ1) is 14.1. The predicted octanol–water partition coefficient (Wildman–Crippen LogP) is 3.82. The molecule has 0 amide bonds. The van der Waals surface area contributed by atoms with Crippen LogP contribution >= 0.6 is 22.6 Å². The summed E-state index contributed by atoms with van der Waals surface area (Å²) in [5, 5.41) is 17.0. The van der Waals surface area contributed by atoms with E-state index in [-0.39, 0.29) is 0 Å². The van der Waals surface area contributed by atoms with Crippen LogP contribution in [0.3, 0.4) is 0 Å². The van der Waals surface area contributed by atoms with Crippen molar-refractivity contribution < 1.29 is 0 Å². The second kappa shape index (κ2) is 5.85. The standard InChI is InChI=1S/C16H13IN4/c1-10-6-3-4-8-12(10)15-18-20-16(21-19-15)14-11(2)7-5-9-13(14)17/h3-9H,1-2H3. The van der Waals surface area contributed by atoms with Gasteiger partial charge < -0.3 is 0 Å². The molecular weight excluding hydrogens is 375 g/mol. The monoisotopic (exact) mass is 388 g/mol. The largest absolute Gasteiger partial charge is 0.204 e. The quantitative estimate of drug-likeness (QED) is 0.627. The lowest BCUT2D eigenvalue weighted by Gasteiger charge is -2.07. The zero-order valence-corrected chi connectivity index (χ0v) is 13.9. The number of aromatic nitrogens is 4.